The molecule has 2 aliphatic heterocycles. The first kappa shape index (κ1) is 24.9. The molecule has 3 aliphatic rings. The molecule has 4 atom stereocenters. The Balaban J connectivity index is 1.20. The highest BCUT2D eigenvalue weighted by atomic mass is 16.2. The number of amides is 2. The van der Waals surface area contributed by atoms with E-state index in [1.807, 2.05) is 30.9 Å². The highest BCUT2D eigenvalue weighted by Gasteiger charge is 2.42. The number of likely N-dealkylation sites (tertiary alicyclic amines) is 2. The Bertz CT molecular complexity index is 1050. The summed E-state index contributed by atoms with van der Waals surface area (Å²) in [5.74, 6) is 1.86. The third-order valence-electron chi connectivity index (χ3n) is 8.71. The van der Waals surface area contributed by atoms with E-state index in [-0.39, 0.29) is 23.8 Å². The van der Waals surface area contributed by atoms with E-state index in [0.29, 0.717) is 17.8 Å². The van der Waals surface area contributed by atoms with E-state index in [4.69, 9.17) is 0 Å². The van der Waals surface area contributed by atoms with Gasteiger partial charge in [0.2, 0.25) is 5.91 Å². The first-order valence-corrected chi connectivity index (χ1v) is 13.7. The van der Waals surface area contributed by atoms with E-state index < -0.39 is 0 Å². The van der Waals surface area contributed by atoms with Crippen LogP contribution in [0.15, 0.2) is 42.6 Å². The molecule has 5 rings (SSSR count). The van der Waals surface area contributed by atoms with Gasteiger partial charge < -0.3 is 15.1 Å². The summed E-state index contributed by atoms with van der Waals surface area (Å²) < 4.78 is 0. The van der Waals surface area contributed by atoms with E-state index >= 15 is 0 Å². The SMILES string of the molecule is Cc1ccnc(C)c1C(=O)N1CC2CN(CC(C)C(NC(=O)C3CCCC3)c3ccccc3)C[C@H]2C1. The fraction of sp³-hybridized carbons (Fsp3) is 0.567. The van der Waals surface area contributed by atoms with Crippen LogP contribution in [0.25, 0.3) is 0 Å². The van der Waals surface area contributed by atoms with Crippen molar-refractivity contribution in [1.29, 1.82) is 0 Å². The minimum absolute atomic E-state index is 0.0225. The summed E-state index contributed by atoms with van der Waals surface area (Å²) in [6.45, 7) is 10.8. The maximum Gasteiger partial charge on any atom is 0.255 e. The highest BCUT2D eigenvalue weighted by molar-refractivity contribution is 5.96. The Morgan fingerprint density at radius 2 is 1.67 bits per heavy atom. The summed E-state index contributed by atoms with van der Waals surface area (Å²) >= 11 is 0. The summed E-state index contributed by atoms with van der Waals surface area (Å²) in [5, 5.41) is 3.43. The molecule has 6 heteroatoms. The summed E-state index contributed by atoms with van der Waals surface area (Å²) in [7, 11) is 0. The molecule has 1 aromatic heterocycles. The normalized spacial score (nSPS) is 24.0. The average molecular weight is 489 g/mol. The van der Waals surface area contributed by atoms with Crippen LogP contribution in [0, 0.1) is 37.5 Å². The van der Waals surface area contributed by atoms with Crippen LogP contribution in [0.1, 0.15) is 65.8 Å². The number of aryl methyl sites for hydroxylation is 2. The molecule has 1 aliphatic carbocycles. The van der Waals surface area contributed by atoms with Crippen molar-refractivity contribution in [2.45, 2.75) is 52.5 Å². The third kappa shape index (κ3) is 5.19. The number of pyridine rings is 1. The maximum atomic E-state index is 13.3. The van der Waals surface area contributed by atoms with Crippen molar-refractivity contribution in [3.8, 4) is 0 Å². The number of nitrogens with zero attached hydrogens (tertiary/aromatic N) is 3. The number of hydrogen-bond acceptors (Lipinski definition) is 4. The molecule has 3 fully saturated rings. The van der Waals surface area contributed by atoms with E-state index in [2.05, 4.69) is 46.4 Å². The van der Waals surface area contributed by atoms with Crippen LogP contribution in [-0.2, 0) is 4.79 Å². The first-order valence-electron chi connectivity index (χ1n) is 13.7. The zero-order chi connectivity index (χ0) is 25.2. The molecule has 0 bridgehead atoms. The first-order chi connectivity index (χ1) is 17.4. The minimum atomic E-state index is 0.0225. The Morgan fingerprint density at radius 1 is 1.00 bits per heavy atom. The molecule has 1 aromatic carbocycles. The molecule has 192 valence electrons. The zero-order valence-corrected chi connectivity index (χ0v) is 22.0. The van der Waals surface area contributed by atoms with Crippen molar-refractivity contribution < 1.29 is 9.59 Å². The number of carbonyl (C=O) groups is 2. The second-order valence-electron chi connectivity index (χ2n) is 11.4. The van der Waals surface area contributed by atoms with Crippen molar-refractivity contribution in [1.82, 2.24) is 20.1 Å². The molecule has 36 heavy (non-hydrogen) atoms. The van der Waals surface area contributed by atoms with Gasteiger partial charge in [-0.05, 0) is 61.6 Å². The van der Waals surface area contributed by atoms with Gasteiger partial charge in [-0.25, -0.2) is 0 Å². The van der Waals surface area contributed by atoms with Crippen LogP contribution in [0.3, 0.4) is 0 Å². The predicted octanol–water partition coefficient (Wildman–Crippen LogP) is 4.39. The van der Waals surface area contributed by atoms with Crippen LogP contribution < -0.4 is 5.32 Å². The number of carbonyl (C=O) groups excluding carboxylic acids is 2. The summed E-state index contributed by atoms with van der Waals surface area (Å²) in [5.41, 5.74) is 3.78. The van der Waals surface area contributed by atoms with Gasteiger partial charge in [-0.1, -0.05) is 50.1 Å². The maximum absolute atomic E-state index is 13.3. The minimum Gasteiger partial charge on any atom is -0.349 e. The number of fused-ring (bicyclic) bond motifs is 1. The number of aromatic nitrogens is 1. The fourth-order valence-electron chi connectivity index (χ4n) is 6.77. The van der Waals surface area contributed by atoms with Gasteiger partial charge >= 0.3 is 0 Å². The van der Waals surface area contributed by atoms with Gasteiger partial charge in [0.05, 0.1) is 17.3 Å². The number of rotatable bonds is 7. The Labute approximate surface area is 215 Å². The Morgan fingerprint density at radius 3 is 2.31 bits per heavy atom. The van der Waals surface area contributed by atoms with Crippen molar-refractivity contribution >= 4 is 11.8 Å². The predicted molar refractivity (Wildman–Crippen MR) is 141 cm³/mol. The van der Waals surface area contributed by atoms with Gasteiger partial charge in [0.1, 0.15) is 0 Å². The number of nitrogens with one attached hydrogen (secondary N) is 1. The van der Waals surface area contributed by atoms with Crippen LogP contribution in [0.5, 0.6) is 0 Å². The average Bonchev–Trinajstić information content (AvgIpc) is 3.60. The second-order valence-corrected chi connectivity index (χ2v) is 11.4. The van der Waals surface area contributed by atoms with Gasteiger partial charge in [0.15, 0.2) is 0 Å². The quantitative estimate of drug-likeness (QED) is 0.628. The molecule has 0 radical (unpaired) electrons. The lowest BCUT2D eigenvalue weighted by Crippen LogP contribution is -2.40. The molecule has 1 saturated carbocycles. The van der Waals surface area contributed by atoms with Crippen LogP contribution in [0.2, 0.25) is 0 Å². The molecule has 3 heterocycles. The van der Waals surface area contributed by atoms with Crippen molar-refractivity contribution in [3.63, 3.8) is 0 Å². The van der Waals surface area contributed by atoms with Crippen molar-refractivity contribution in [3.05, 3.63) is 65.0 Å². The Hall–Kier alpha value is -2.73. The second kappa shape index (κ2) is 10.7. The van der Waals surface area contributed by atoms with Gasteiger partial charge in [0.25, 0.3) is 5.91 Å². The standard InChI is InChI=1S/C30H40N4O2/c1-20-13-14-31-22(3)27(20)30(36)34-18-25-16-33(17-26(25)19-34)15-21(2)28(23-9-5-4-6-10-23)32-29(35)24-11-7-8-12-24/h4-6,9-10,13-14,21,24-26,28H,7-8,11-12,15-19H2,1-3H3,(H,32,35)/t21?,25-,26?,28?/m0/s1. The number of benzene rings is 1. The lowest BCUT2D eigenvalue weighted by Gasteiger charge is -2.31. The highest BCUT2D eigenvalue weighted by Crippen LogP contribution is 2.34. The van der Waals surface area contributed by atoms with Crippen LogP contribution in [0.4, 0.5) is 0 Å². The summed E-state index contributed by atoms with van der Waals surface area (Å²) in [4.78, 5) is 35.2. The molecular weight excluding hydrogens is 448 g/mol. The Kier molecular flexibility index (Phi) is 7.42. The zero-order valence-electron chi connectivity index (χ0n) is 22.0. The van der Waals surface area contributed by atoms with Crippen molar-refractivity contribution in [2.75, 3.05) is 32.7 Å². The van der Waals surface area contributed by atoms with Gasteiger partial charge in [-0.3, -0.25) is 14.6 Å². The summed E-state index contributed by atoms with van der Waals surface area (Å²) in [6, 6.07) is 12.4. The van der Waals surface area contributed by atoms with Crippen LogP contribution in [-0.4, -0.2) is 59.3 Å². The molecule has 0 spiro atoms. The molecule has 3 unspecified atom stereocenters. The largest absolute Gasteiger partial charge is 0.349 e. The topological polar surface area (TPSA) is 65.5 Å². The molecule has 1 N–H and O–H groups in total. The van der Waals surface area contributed by atoms with E-state index in [9.17, 15) is 9.59 Å². The van der Waals surface area contributed by atoms with Gasteiger partial charge in [-0.15, -0.1) is 0 Å². The summed E-state index contributed by atoms with van der Waals surface area (Å²) in [6.07, 6.45) is 6.15. The number of hydrogen-bond donors (Lipinski definition) is 1. The molecule has 2 saturated heterocycles. The fourth-order valence-corrected chi connectivity index (χ4v) is 6.77. The third-order valence-corrected chi connectivity index (χ3v) is 8.71. The smallest absolute Gasteiger partial charge is 0.255 e. The molecule has 2 amide bonds. The molecular formula is C30H40N4O2. The molecule has 2 aromatic rings. The van der Waals surface area contributed by atoms with Gasteiger partial charge in [0, 0.05) is 44.8 Å². The van der Waals surface area contributed by atoms with Crippen molar-refractivity contribution in [2.24, 2.45) is 23.7 Å². The van der Waals surface area contributed by atoms with E-state index in [1.54, 1.807) is 6.20 Å². The lowest BCUT2D eigenvalue weighted by molar-refractivity contribution is -0.126. The van der Waals surface area contributed by atoms with E-state index in [1.165, 1.54) is 18.4 Å². The molecule has 6 nitrogen and oxygen atoms in total. The van der Waals surface area contributed by atoms with E-state index in [0.717, 1.165) is 62.4 Å². The van der Waals surface area contributed by atoms with Gasteiger partial charge in [-0.2, -0.15) is 0 Å². The lowest BCUT2D eigenvalue weighted by atomic mass is 9.93. The monoisotopic (exact) mass is 488 g/mol. The van der Waals surface area contributed by atoms with Crippen LogP contribution >= 0.6 is 0 Å².